The quantitative estimate of drug-likeness (QED) is 0.871. The van der Waals surface area contributed by atoms with Crippen molar-refractivity contribution in [1.29, 1.82) is 0 Å². The van der Waals surface area contributed by atoms with Crippen molar-refractivity contribution in [1.82, 2.24) is 5.06 Å². The van der Waals surface area contributed by atoms with E-state index in [-0.39, 0.29) is 12.1 Å². The zero-order valence-electron chi connectivity index (χ0n) is 12.3. The monoisotopic (exact) mass is 347 g/mol. The zero-order chi connectivity index (χ0) is 16.6. The summed E-state index contributed by atoms with van der Waals surface area (Å²) in [5.41, 5.74) is -0.171. The fraction of sp³-hybridized carbons (Fsp3) is 0.500. The summed E-state index contributed by atoms with van der Waals surface area (Å²) in [6, 6.07) is 4.95. The van der Waals surface area contributed by atoms with Gasteiger partial charge >= 0.3 is 6.18 Å². The van der Waals surface area contributed by atoms with E-state index in [1.54, 1.807) is 5.06 Å². The van der Waals surface area contributed by atoms with E-state index in [1.807, 2.05) is 0 Å². The lowest BCUT2D eigenvalue weighted by Crippen LogP contribution is -2.36. The molecule has 0 atom stereocenters. The summed E-state index contributed by atoms with van der Waals surface area (Å²) in [5, 5.41) is 11.8. The molecule has 126 valence electrons. The molecule has 0 bridgehead atoms. The molecule has 0 amide bonds. The predicted octanol–water partition coefficient (Wildman–Crippen LogP) is 4.16. The fourth-order valence-electron chi connectivity index (χ4n) is 2.98. The minimum Gasteiger partial charge on any atom is -0.403 e. The molecule has 0 saturated heterocycles. The third-order valence-electron chi connectivity index (χ3n) is 4.30. The highest BCUT2D eigenvalue weighted by atomic mass is 35.5. The summed E-state index contributed by atoms with van der Waals surface area (Å²) in [7, 11) is 0. The van der Waals surface area contributed by atoms with Gasteiger partial charge in [0, 0.05) is 11.6 Å². The lowest BCUT2D eigenvalue weighted by Gasteiger charge is -2.31. The minimum atomic E-state index is -4.36. The summed E-state index contributed by atoms with van der Waals surface area (Å²) in [6.45, 7) is 0.415. The molecule has 3 nitrogen and oxygen atoms in total. The van der Waals surface area contributed by atoms with Gasteiger partial charge in [0.2, 0.25) is 0 Å². The van der Waals surface area contributed by atoms with Crippen molar-refractivity contribution in [3.63, 3.8) is 0 Å². The lowest BCUT2D eigenvalue weighted by molar-refractivity contribution is -0.137. The molecule has 0 aromatic heterocycles. The molecule has 1 fully saturated rings. The normalized spacial score (nSPS) is 26.5. The second kappa shape index (κ2) is 6.34. The Morgan fingerprint density at radius 3 is 2.26 bits per heavy atom. The molecule has 0 spiro atoms. The third kappa shape index (κ3) is 3.65. The molecule has 0 unspecified atom stereocenters. The van der Waals surface area contributed by atoms with Gasteiger partial charge in [0.15, 0.2) is 5.76 Å². The Balaban J connectivity index is 1.70. The van der Waals surface area contributed by atoms with Crippen LogP contribution in [-0.2, 0) is 11.0 Å². The Morgan fingerprint density at radius 2 is 1.70 bits per heavy atom. The Morgan fingerprint density at radius 1 is 1.09 bits per heavy atom. The maximum atomic E-state index is 12.6. The number of hydrogen-bond acceptors (Lipinski definition) is 3. The van der Waals surface area contributed by atoms with Crippen LogP contribution in [0.5, 0.6) is 0 Å². The van der Waals surface area contributed by atoms with Crippen molar-refractivity contribution in [3.05, 3.63) is 40.4 Å². The van der Waals surface area contributed by atoms with Crippen molar-refractivity contribution >= 4 is 17.4 Å². The van der Waals surface area contributed by atoms with Crippen molar-refractivity contribution < 1.29 is 23.1 Å². The number of hydroxylamine groups is 2. The average molecular weight is 348 g/mol. The summed E-state index contributed by atoms with van der Waals surface area (Å²) in [5.74, 6) is 0.409. The van der Waals surface area contributed by atoms with Gasteiger partial charge in [-0.2, -0.15) is 13.2 Å². The van der Waals surface area contributed by atoms with Gasteiger partial charge in [-0.25, -0.2) is 0 Å². The number of hydrogen-bond donors (Lipinski definition) is 1. The highest BCUT2D eigenvalue weighted by Crippen LogP contribution is 2.36. The van der Waals surface area contributed by atoms with E-state index < -0.39 is 11.7 Å². The summed E-state index contributed by atoms with van der Waals surface area (Å²) in [6.07, 6.45) is -1.55. The molecule has 1 N–H and O–H groups in total. The Labute approximate surface area is 137 Å². The van der Waals surface area contributed by atoms with Gasteiger partial charge in [-0.1, -0.05) is 23.7 Å². The number of benzene rings is 1. The van der Waals surface area contributed by atoms with E-state index in [9.17, 15) is 18.3 Å². The Kier molecular flexibility index (Phi) is 4.58. The first-order valence-corrected chi connectivity index (χ1v) is 7.91. The molecule has 1 heterocycles. The molecule has 0 radical (unpaired) electrons. The smallest absolute Gasteiger partial charge is 0.403 e. The van der Waals surface area contributed by atoms with Crippen LogP contribution in [-0.4, -0.2) is 28.9 Å². The number of nitrogens with zero attached hydrogens (tertiary/aromatic N) is 1. The topological polar surface area (TPSA) is 32.7 Å². The van der Waals surface area contributed by atoms with Crippen LogP contribution in [0.15, 0.2) is 29.3 Å². The molecule has 1 aliphatic carbocycles. The molecule has 3 rings (SSSR count). The highest BCUT2D eigenvalue weighted by Gasteiger charge is 2.34. The van der Waals surface area contributed by atoms with E-state index in [0.717, 1.165) is 37.8 Å². The van der Waals surface area contributed by atoms with E-state index in [2.05, 4.69) is 0 Å². The van der Waals surface area contributed by atoms with E-state index >= 15 is 0 Å². The van der Waals surface area contributed by atoms with E-state index in [0.29, 0.717) is 22.9 Å². The molecule has 7 heteroatoms. The number of rotatable bonds is 2. The minimum absolute atomic E-state index is 0.166. The average Bonchev–Trinajstić information content (AvgIpc) is 2.89. The summed E-state index contributed by atoms with van der Waals surface area (Å²) in [4.78, 5) is 5.78. The van der Waals surface area contributed by atoms with Crippen molar-refractivity contribution in [2.75, 3.05) is 6.54 Å². The van der Waals surface area contributed by atoms with Gasteiger partial charge in [0.25, 0.3) is 0 Å². The van der Waals surface area contributed by atoms with Crippen LogP contribution in [0.4, 0.5) is 13.2 Å². The van der Waals surface area contributed by atoms with Gasteiger partial charge in [-0.15, -0.1) is 5.06 Å². The largest absolute Gasteiger partial charge is 0.416 e. The number of alkyl halides is 3. The van der Waals surface area contributed by atoms with Gasteiger partial charge < -0.3 is 9.94 Å². The molecule has 1 saturated carbocycles. The predicted molar refractivity (Wildman–Crippen MR) is 80.3 cm³/mol. The molecule has 23 heavy (non-hydrogen) atoms. The van der Waals surface area contributed by atoms with Crippen LogP contribution in [0.3, 0.4) is 0 Å². The first kappa shape index (κ1) is 16.6. The second-order valence-electron chi connectivity index (χ2n) is 5.94. The molecular formula is C16H17ClF3NO2. The van der Waals surface area contributed by atoms with Crippen LogP contribution >= 0.6 is 11.6 Å². The highest BCUT2D eigenvalue weighted by molar-refractivity contribution is 6.32. The molecule has 1 aromatic rings. The first-order valence-electron chi connectivity index (χ1n) is 7.53. The molecule has 1 aliphatic heterocycles. The first-order chi connectivity index (χ1) is 10.8. The van der Waals surface area contributed by atoms with Crippen LogP contribution in [0.1, 0.15) is 36.8 Å². The van der Waals surface area contributed by atoms with Crippen LogP contribution < -0.4 is 0 Å². The van der Waals surface area contributed by atoms with Crippen LogP contribution in [0.2, 0.25) is 0 Å². The number of aliphatic hydroxyl groups is 1. The SMILES string of the molecule is O[C@H]1CC[C@@H](N2CC(Cl)=C(c3ccc(C(F)(F)F)cc3)O2)CC1. The second-order valence-corrected chi connectivity index (χ2v) is 6.39. The standard InChI is InChI=1S/C16H17ClF3NO2/c17-14-9-21(12-5-7-13(22)8-6-12)23-15(14)10-1-3-11(4-2-10)16(18,19)20/h1-4,12-13,22H,5-9H2/t12-,13+. The summed E-state index contributed by atoms with van der Waals surface area (Å²) < 4.78 is 37.8. The maximum Gasteiger partial charge on any atom is 0.416 e. The van der Waals surface area contributed by atoms with Crippen LogP contribution in [0, 0.1) is 0 Å². The fourth-order valence-corrected chi connectivity index (χ4v) is 3.24. The Hall–Kier alpha value is -1.24. The Bertz CT molecular complexity index is 592. The molecular weight excluding hydrogens is 331 g/mol. The van der Waals surface area contributed by atoms with E-state index in [1.165, 1.54) is 12.1 Å². The maximum absolute atomic E-state index is 12.6. The zero-order valence-corrected chi connectivity index (χ0v) is 13.1. The van der Waals surface area contributed by atoms with Gasteiger partial charge in [-0.3, -0.25) is 0 Å². The van der Waals surface area contributed by atoms with Gasteiger partial charge in [0.05, 0.1) is 23.2 Å². The van der Waals surface area contributed by atoms with Crippen molar-refractivity contribution in [2.45, 2.75) is 44.0 Å². The molecule has 1 aromatic carbocycles. The number of aliphatic hydroxyl groups excluding tert-OH is 1. The van der Waals surface area contributed by atoms with Crippen LogP contribution in [0.25, 0.3) is 5.76 Å². The van der Waals surface area contributed by atoms with E-state index in [4.69, 9.17) is 16.4 Å². The lowest BCUT2D eigenvalue weighted by atomic mass is 9.93. The van der Waals surface area contributed by atoms with Gasteiger partial charge in [-0.05, 0) is 37.8 Å². The third-order valence-corrected chi connectivity index (χ3v) is 4.59. The van der Waals surface area contributed by atoms with Gasteiger partial charge in [0.1, 0.15) is 0 Å². The molecule has 2 aliphatic rings. The van der Waals surface area contributed by atoms with Crippen molar-refractivity contribution in [3.8, 4) is 0 Å². The summed E-state index contributed by atoms with van der Waals surface area (Å²) >= 11 is 6.23. The number of halogens is 4. The van der Waals surface area contributed by atoms with Crippen molar-refractivity contribution in [2.24, 2.45) is 0 Å².